The van der Waals surface area contributed by atoms with Crippen LogP contribution in [0.2, 0.25) is 0 Å². The minimum Gasteiger partial charge on any atom is -0.489 e. The van der Waals surface area contributed by atoms with Gasteiger partial charge in [0.15, 0.2) is 0 Å². The molecule has 0 unspecified atom stereocenters. The van der Waals surface area contributed by atoms with Crippen LogP contribution in [-0.2, 0) is 6.61 Å². The smallest absolute Gasteiger partial charge is 0.142 e. The maximum Gasteiger partial charge on any atom is 0.142 e. The van der Waals surface area contributed by atoms with Crippen molar-refractivity contribution in [2.24, 2.45) is 11.7 Å². The number of nitrogen functional groups attached to an aromatic ring is 1. The molecule has 1 aliphatic carbocycles. The molecule has 202 valence electrons. The second-order valence-electron chi connectivity index (χ2n) is 9.70. The molecule has 0 atom stereocenters. The number of nitrogens with zero attached hydrogens (tertiary/aromatic N) is 3. The maximum atomic E-state index is 14.3. The topological polar surface area (TPSA) is 131 Å². The molecule has 0 radical (unpaired) electrons. The van der Waals surface area contributed by atoms with Crippen molar-refractivity contribution in [1.29, 1.82) is 5.41 Å². The van der Waals surface area contributed by atoms with Gasteiger partial charge < -0.3 is 30.2 Å². The summed E-state index contributed by atoms with van der Waals surface area (Å²) in [5.41, 5.74) is 10.1. The molecule has 5 rings (SSSR count). The monoisotopic (exact) mass is 530 g/mol. The lowest BCUT2D eigenvalue weighted by Gasteiger charge is -2.34. The molecule has 9 nitrogen and oxygen atoms in total. The van der Waals surface area contributed by atoms with Gasteiger partial charge in [-0.15, -0.1) is 0 Å². The molecule has 2 heterocycles. The SMILES string of the molecule is CNc1c(C2CC(CO)C2)cn(-c2ccc(Oc3cc(F)cc(OCc4cnc(C)nc4)c3)cc2)c1C(=N)N. The van der Waals surface area contributed by atoms with Gasteiger partial charge in [0, 0.05) is 61.7 Å². The largest absolute Gasteiger partial charge is 0.489 e. The van der Waals surface area contributed by atoms with Gasteiger partial charge in [0.1, 0.15) is 47.0 Å². The Balaban J connectivity index is 1.33. The van der Waals surface area contributed by atoms with Crippen LogP contribution in [0.1, 0.15) is 41.4 Å². The zero-order valence-electron chi connectivity index (χ0n) is 21.8. The number of ether oxygens (including phenoxy) is 2. The van der Waals surface area contributed by atoms with Gasteiger partial charge in [0.05, 0.1) is 5.69 Å². The third kappa shape index (κ3) is 5.70. The highest BCUT2D eigenvalue weighted by Gasteiger charge is 2.34. The Labute approximate surface area is 226 Å². The number of hydrogen-bond acceptors (Lipinski definition) is 7. The number of benzene rings is 2. The van der Waals surface area contributed by atoms with Crippen molar-refractivity contribution in [3.05, 3.63) is 89.5 Å². The Morgan fingerprint density at radius 3 is 2.46 bits per heavy atom. The number of halogens is 1. The van der Waals surface area contributed by atoms with Crippen LogP contribution in [0.15, 0.2) is 61.1 Å². The molecule has 4 aromatic rings. The zero-order valence-corrected chi connectivity index (χ0v) is 21.8. The van der Waals surface area contributed by atoms with Crippen molar-refractivity contribution in [2.75, 3.05) is 19.0 Å². The first-order chi connectivity index (χ1) is 18.8. The summed E-state index contributed by atoms with van der Waals surface area (Å²) in [4.78, 5) is 8.27. The summed E-state index contributed by atoms with van der Waals surface area (Å²) >= 11 is 0. The Hall–Kier alpha value is -4.44. The average Bonchev–Trinajstić information content (AvgIpc) is 3.27. The molecule has 0 amide bonds. The normalized spacial score (nSPS) is 16.4. The Bertz CT molecular complexity index is 1460. The second-order valence-corrected chi connectivity index (χ2v) is 9.70. The van der Waals surface area contributed by atoms with Crippen LogP contribution in [0.25, 0.3) is 5.69 Å². The molecule has 0 saturated heterocycles. The molecule has 0 aliphatic heterocycles. The number of hydrogen-bond donors (Lipinski definition) is 4. The molecule has 2 aromatic heterocycles. The van der Waals surface area contributed by atoms with E-state index in [4.69, 9.17) is 20.6 Å². The molecule has 5 N–H and O–H groups in total. The number of aromatic nitrogens is 3. The molecular weight excluding hydrogens is 499 g/mol. The van der Waals surface area contributed by atoms with E-state index in [1.54, 1.807) is 37.5 Å². The molecule has 1 fully saturated rings. The number of nitrogens with two attached hydrogens (primary N) is 1. The first-order valence-corrected chi connectivity index (χ1v) is 12.7. The summed E-state index contributed by atoms with van der Waals surface area (Å²) < 4.78 is 27.8. The Kier molecular flexibility index (Phi) is 7.47. The number of aryl methyl sites for hydroxylation is 1. The predicted octanol–water partition coefficient (Wildman–Crippen LogP) is 4.90. The highest BCUT2D eigenvalue weighted by atomic mass is 19.1. The fraction of sp³-hybridized carbons (Fsp3) is 0.276. The molecular formula is C29H31FN6O3. The zero-order chi connectivity index (χ0) is 27.5. The van der Waals surface area contributed by atoms with Gasteiger partial charge in [-0.05, 0) is 61.4 Å². The van der Waals surface area contributed by atoms with Crippen molar-refractivity contribution >= 4 is 11.5 Å². The van der Waals surface area contributed by atoms with Gasteiger partial charge in [-0.2, -0.15) is 0 Å². The summed E-state index contributed by atoms with van der Waals surface area (Å²) in [6.07, 6.45) is 7.15. The average molecular weight is 531 g/mol. The lowest BCUT2D eigenvalue weighted by atomic mass is 9.72. The second kappa shape index (κ2) is 11.1. The quantitative estimate of drug-likeness (QED) is 0.169. The van der Waals surface area contributed by atoms with Crippen molar-refractivity contribution in [3.63, 3.8) is 0 Å². The number of amidine groups is 1. The van der Waals surface area contributed by atoms with Crippen LogP contribution < -0.4 is 20.5 Å². The minimum atomic E-state index is -0.482. The van der Waals surface area contributed by atoms with E-state index in [1.165, 1.54) is 12.1 Å². The molecule has 1 aliphatic rings. The molecule has 0 bridgehead atoms. The highest BCUT2D eigenvalue weighted by Crippen LogP contribution is 2.46. The van der Waals surface area contributed by atoms with Crippen LogP contribution in [0.5, 0.6) is 17.2 Å². The van der Waals surface area contributed by atoms with Crippen molar-refractivity contribution < 1.29 is 19.0 Å². The number of aliphatic hydroxyl groups is 1. The maximum absolute atomic E-state index is 14.3. The molecule has 0 spiro atoms. The summed E-state index contributed by atoms with van der Waals surface area (Å²) in [5.74, 6) is 1.88. The third-order valence-electron chi connectivity index (χ3n) is 6.91. The van der Waals surface area contributed by atoms with E-state index >= 15 is 0 Å². The van der Waals surface area contributed by atoms with Crippen molar-refractivity contribution in [3.8, 4) is 22.9 Å². The summed E-state index contributed by atoms with van der Waals surface area (Å²) in [5, 5.41) is 20.8. The van der Waals surface area contributed by atoms with E-state index in [2.05, 4.69) is 15.3 Å². The standard InChI is InChI=1S/C29H31FN6O3/c1-17-34-12-19(13-35-17)16-38-24-9-21(30)10-25(11-24)39-23-5-3-22(4-6-23)36-14-26(20-7-18(8-20)15-37)27(33-2)28(36)29(31)32/h3-6,9-14,18,20,33,37H,7-8,15-16H2,1-2H3,(H3,31,32). The van der Waals surface area contributed by atoms with Gasteiger partial charge in [0.25, 0.3) is 0 Å². The predicted molar refractivity (Wildman–Crippen MR) is 146 cm³/mol. The fourth-order valence-electron chi connectivity index (χ4n) is 4.86. The third-order valence-corrected chi connectivity index (χ3v) is 6.91. The number of nitrogens with one attached hydrogen (secondary N) is 2. The van der Waals surface area contributed by atoms with E-state index in [-0.39, 0.29) is 19.0 Å². The van der Waals surface area contributed by atoms with Crippen molar-refractivity contribution in [2.45, 2.75) is 32.3 Å². The molecule has 39 heavy (non-hydrogen) atoms. The minimum absolute atomic E-state index is 0.0477. The van der Waals surface area contributed by atoms with Gasteiger partial charge in [-0.1, -0.05) is 0 Å². The highest BCUT2D eigenvalue weighted by molar-refractivity contribution is 6.00. The number of aliphatic hydroxyl groups excluding tert-OH is 1. The number of anilines is 1. The van der Waals surface area contributed by atoms with Gasteiger partial charge >= 0.3 is 0 Å². The van der Waals surface area contributed by atoms with E-state index in [0.717, 1.165) is 35.3 Å². The van der Waals surface area contributed by atoms with Crippen LogP contribution in [-0.4, -0.2) is 39.1 Å². The lowest BCUT2D eigenvalue weighted by molar-refractivity contribution is 0.142. The Morgan fingerprint density at radius 1 is 1.13 bits per heavy atom. The van der Waals surface area contributed by atoms with Gasteiger partial charge in [-0.25, -0.2) is 14.4 Å². The van der Waals surface area contributed by atoms with Crippen LogP contribution >= 0.6 is 0 Å². The van der Waals surface area contributed by atoms with Crippen LogP contribution in [0.3, 0.4) is 0 Å². The summed E-state index contributed by atoms with van der Waals surface area (Å²) in [7, 11) is 1.82. The van der Waals surface area contributed by atoms with E-state index in [9.17, 15) is 9.50 Å². The Morgan fingerprint density at radius 2 is 1.82 bits per heavy atom. The lowest BCUT2D eigenvalue weighted by Crippen LogP contribution is -2.25. The number of rotatable bonds is 10. The first-order valence-electron chi connectivity index (χ1n) is 12.7. The van der Waals surface area contributed by atoms with Crippen LogP contribution in [0, 0.1) is 24.1 Å². The van der Waals surface area contributed by atoms with Gasteiger partial charge in [-0.3, -0.25) is 5.41 Å². The molecule has 1 saturated carbocycles. The van der Waals surface area contributed by atoms with Crippen molar-refractivity contribution in [1.82, 2.24) is 14.5 Å². The van der Waals surface area contributed by atoms with E-state index in [0.29, 0.717) is 40.6 Å². The van der Waals surface area contributed by atoms with Gasteiger partial charge in [0.2, 0.25) is 0 Å². The van der Waals surface area contributed by atoms with E-state index < -0.39 is 5.82 Å². The molecule has 2 aromatic carbocycles. The summed E-state index contributed by atoms with van der Waals surface area (Å²) in [6.45, 7) is 2.19. The van der Waals surface area contributed by atoms with Crippen LogP contribution in [0.4, 0.5) is 10.1 Å². The first kappa shape index (κ1) is 26.2. The van der Waals surface area contributed by atoms with E-state index in [1.807, 2.05) is 29.9 Å². The summed E-state index contributed by atoms with van der Waals surface area (Å²) in [6, 6.07) is 11.5. The fourth-order valence-corrected chi connectivity index (χ4v) is 4.86. The molecule has 10 heteroatoms.